The van der Waals surface area contributed by atoms with Crippen LogP contribution < -0.4 is 11.1 Å². The van der Waals surface area contributed by atoms with Crippen molar-refractivity contribution in [3.63, 3.8) is 0 Å². The molecule has 2 rings (SSSR count). The summed E-state index contributed by atoms with van der Waals surface area (Å²) in [5.74, 6) is 0.193. The third kappa shape index (κ3) is 4.19. The van der Waals surface area contributed by atoms with E-state index in [0.717, 1.165) is 38.6 Å². The molecule has 2 aliphatic carbocycles. The zero-order valence-electron chi connectivity index (χ0n) is 13.0. The van der Waals surface area contributed by atoms with Gasteiger partial charge in [-0.2, -0.15) is 0 Å². The van der Waals surface area contributed by atoms with Gasteiger partial charge in [0.2, 0.25) is 5.91 Å². The van der Waals surface area contributed by atoms with E-state index in [-0.39, 0.29) is 11.4 Å². The van der Waals surface area contributed by atoms with Crippen molar-refractivity contribution in [3.05, 3.63) is 0 Å². The van der Waals surface area contributed by atoms with Crippen molar-refractivity contribution in [2.75, 3.05) is 19.6 Å². The fourth-order valence-electron chi connectivity index (χ4n) is 3.46. The maximum Gasteiger partial charge on any atom is 0.234 e. The van der Waals surface area contributed by atoms with E-state index < -0.39 is 0 Å². The summed E-state index contributed by atoms with van der Waals surface area (Å²) in [6.45, 7) is 4.38. The lowest BCUT2D eigenvalue weighted by atomic mass is 9.87. The summed E-state index contributed by atoms with van der Waals surface area (Å²) < 4.78 is 0. The van der Waals surface area contributed by atoms with Gasteiger partial charge in [-0.05, 0) is 38.6 Å². The summed E-state index contributed by atoms with van der Waals surface area (Å²) >= 11 is 0. The SMILES string of the molecule is CCCN(CC(=O)NC1CC1)C1(CN)CCCCCC1. The molecule has 0 aromatic heterocycles. The first-order chi connectivity index (χ1) is 9.70. The van der Waals surface area contributed by atoms with Crippen LogP contribution in [0.1, 0.15) is 64.7 Å². The lowest BCUT2D eigenvalue weighted by molar-refractivity contribution is -0.124. The molecule has 4 heteroatoms. The zero-order chi connectivity index (χ0) is 14.4. The summed E-state index contributed by atoms with van der Waals surface area (Å²) in [4.78, 5) is 14.6. The first kappa shape index (κ1) is 15.8. The number of carbonyl (C=O) groups is 1. The maximum absolute atomic E-state index is 12.2. The average Bonchev–Trinajstić information content (AvgIpc) is 3.24. The van der Waals surface area contributed by atoms with Gasteiger partial charge >= 0.3 is 0 Å². The van der Waals surface area contributed by atoms with E-state index in [4.69, 9.17) is 5.73 Å². The summed E-state index contributed by atoms with van der Waals surface area (Å²) in [7, 11) is 0. The van der Waals surface area contributed by atoms with Crippen molar-refractivity contribution in [3.8, 4) is 0 Å². The molecule has 0 unspecified atom stereocenters. The van der Waals surface area contributed by atoms with Crippen molar-refractivity contribution in [2.45, 2.75) is 76.3 Å². The Balaban J connectivity index is 2.00. The van der Waals surface area contributed by atoms with Crippen molar-refractivity contribution < 1.29 is 4.79 Å². The van der Waals surface area contributed by atoms with E-state index in [2.05, 4.69) is 17.1 Å². The molecule has 116 valence electrons. The van der Waals surface area contributed by atoms with Gasteiger partial charge in [0.1, 0.15) is 0 Å². The number of nitrogens with one attached hydrogen (secondary N) is 1. The second-order valence-electron chi connectivity index (χ2n) is 6.61. The highest BCUT2D eigenvalue weighted by Gasteiger charge is 2.36. The Morgan fingerprint density at radius 1 is 1.25 bits per heavy atom. The Bertz CT molecular complexity index is 307. The van der Waals surface area contributed by atoms with Crippen LogP contribution >= 0.6 is 0 Å². The van der Waals surface area contributed by atoms with E-state index in [1.54, 1.807) is 0 Å². The normalized spacial score (nSPS) is 22.6. The Kier molecular flexibility index (Phi) is 5.85. The van der Waals surface area contributed by atoms with Crippen LogP contribution in [0.5, 0.6) is 0 Å². The topological polar surface area (TPSA) is 58.4 Å². The number of hydrogen-bond acceptors (Lipinski definition) is 3. The van der Waals surface area contributed by atoms with Crippen LogP contribution in [0, 0.1) is 0 Å². The van der Waals surface area contributed by atoms with Crippen molar-refractivity contribution >= 4 is 5.91 Å². The van der Waals surface area contributed by atoms with E-state index in [9.17, 15) is 4.79 Å². The molecule has 4 nitrogen and oxygen atoms in total. The van der Waals surface area contributed by atoms with Crippen molar-refractivity contribution in [2.24, 2.45) is 5.73 Å². The minimum atomic E-state index is 0.0629. The second kappa shape index (κ2) is 7.41. The van der Waals surface area contributed by atoms with Gasteiger partial charge in [0, 0.05) is 18.1 Å². The summed E-state index contributed by atoms with van der Waals surface area (Å²) in [6.07, 6.45) is 10.8. The van der Waals surface area contributed by atoms with Gasteiger partial charge in [0.25, 0.3) is 0 Å². The summed E-state index contributed by atoms with van der Waals surface area (Å²) in [5, 5.41) is 3.12. The first-order valence-electron chi connectivity index (χ1n) is 8.44. The van der Waals surface area contributed by atoms with Crippen LogP contribution in [-0.4, -0.2) is 42.0 Å². The number of rotatable bonds is 7. The van der Waals surface area contributed by atoms with E-state index in [0.29, 0.717) is 19.1 Å². The fraction of sp³-hybridized carbons (Fsp3) is 0.938. The maximum atomic E-state index is 12.2. The molecule has 0 aliphatic heterocycles. The molecule has 1 amide bonds. The number of nitrogens with zero attached hydrogens (tertiary/aromatic N) is 1. The van der Waals surface area contributed by atoms with Gasteiger partial charge in [-0.3, -0.25) is 9.69 Å². The van der Waals surface area contributed by atoms with Crippen LogP contribution in [0.15, 0.2) is 0 Å². The molecule has 0 saturated heterocycles. The Labute approximate surface area is 123 Å². The third-order valence-electron chi connectivity index (χ3n) is 4.86. The molecule has 0 aromatic carbocycles. The van der Waals surface area contributed by atoms with Crippen LogP contribution in [-0.2, 0) is 4.79 Å². The molecule has 0 radical (unpaired) electrons. The minimum absolute atomic E-state index is 0.0629. The fourth-order valence-corrected chi connectivity index (χ4v) is 3.46. The Morgan fingerprint density at radius 3 is 2.40 bits per heavy atom. The largest absolute Gasteiger partial charge is 0.352 e. The summed E-state index contributed by atoms with van der Waals surface area (Å²) in [6, 6.07) is 0.453. The van der Waals surface area contributed by atoms with Crippen molar-refractivity contribution in [1.82, 2.24) is 10.2 Å². The predicted octanol–water partition coefficient (Wildman–Crippen LogP) is 2.03. The molecule has 0 spiro atoms. The molecular formula is C16H31N3O. The standard InChI is InChI=1S/C16H31N3O/c1-2-11-19(12-15(20)18-14-7-8-14)16(13-17)9-5-3-4-6-10-16/h14H,2-13,17H2,1H3,(H,18,20). The van der Waals surface area contributed by atoms with Crippen LogP contribution in [0.2, 0.25) is 0 Å². The molecule has 0 heterocycles. The van der Waals surface area contributed by atoms with E-state index >= 15 is 0 Å². The highest BCUT2D eigenvalue weighted by molar-refractivity contribution is 5.78. The smallest absolute Gasteiger partial charge is 0.234 e. The van der Waals surface area contributed by atoms with Gasteiger partial charge in [-0.1, -0.05) is 32.6 Å². The van der Waals surface area contributed by atoms with Crippen LogP contribution in [0.4, 0.5) is 0 Å². The van der Waals surface area contributed by atoms with E-state index in [1.165, 1.54) is 25.7 Å². The third-order valence-corrected chi connectivity index (χ3v) is 4.86. The number of amides is 1. The Morgan fingerprint density at radius 2 is 1.90 bits per heavy atom. The van der Waals surface area contributed by atoms with Crippen LogP contribution in [0.25, 0.3) is 0 Å². The lowest BCUT2D eigenvalue weighted by Gasteiger charge is -2.43. The summed E-state index contributed by atoms with van der Waals surface area (Å²) in [5.41, 5.74) is 6.22. The average molecular weight is 281 g/mol. The second-order valence-corrected chi connectivity index (χ2v) is 6.61. The molecule has 2 aliphatic rings. The lowest BCUT2D eigenvalue weighted by Crippen LogP contribution is -2.56. The molecule has 2 fully saturated rings. The van der Waals surface area contributed by atoms with Gasteiger partial charge < -0.3 is 11.1 Å². The number of carbonyl (C=O) groups excluding carboxylic acids is 1. The number of hydrogen-bond donors (Lipinski definition) is 2. The molecule has 0 aromatic rings. The van der Waals surface area contributed by atoms with Gasteiger partial charge in [0.05, 0.1) is 6.54 Å². The highest BCUT2D eigenvalue weighted by Crippen LogP contribution is 2.32. The van der Waals surface area contributed by atoms with Gasteiger partial charge in [-0.15, -0.1) is 0 Å². The van der Waals surface area contributed by atoms with Gasteiger partial charge in [-0.25, -0.2) is 0 Å². The van der Waals surface area contributed by atoms with Gasteiger partial charge in [0.15, 0.2) is 0 Å². The first-order valence-corrected chi connectivity index (χ1v) is 8.44. The minimum Gasteiger partial charge on any atom is -0.352 e. The zero-order valence-corrected chi connectivity index (χ0v) is 13.0. The molecular weight excluding hydrogens is 250 g/mol. The highest BCUT2D eigenvalue weighted by atomic mass is 16.2. The molecule has 20 heavy (non-hydrogen) atoms. The predicted molar refractivity (Wildman–Crippen MR) is 82.5 cm³/mol. The van der Waals surface area contributed by atoms with Crippen molar-refractivity contribution in [1.29, 1.82) is 0 Å². The molecule has 2 saturated carbocycles. The monoisotopic (exact) mass is 281 g/mol. The molecule has 0 atom stereocenters. The quantitative estimate of drug-likeness (QED) is 0.702. The van der Waals surface area contributed by atoms with E-state index in [1.807, 2.05) is 0 Å². The number of nitrogens with two attached hydrogens (primary N) is 1. The van der Waals surface area contributed by atoms with Crippen LogP contribution in [0.3, 0.4) is 0 Å². The molecule has 0 bridgehead atoms. The Hall–Kier alpha value is -0.610. The molecule has 3 N–H and O–H groups in total.